The Bertz CT molecular complexity index is 804. The van der Waals surface area contributed by atoms with E-state index in [9.17, 15) is 9.18 Å². The van der Waals surface area contributed by atoms with Crippen molar-refractivity contribution in [2.24, 2.45) is 0 Å². The lowest BCUT2D eigenvalue weighted by Gasteiger charge is -2.07. The molecule has 2 heterocycles. The molecule has 1 N–H and O–H groups in total. The monoisotopic (exact) mass is 307 g/mol. The van der Waals surface area contributed by atoms with Gasteiger partial charge in [0.2, 0.25) is 0 Å². The Morgan fingerprint density at radius 2 is 1.74 bits per heavy atom. The summed E-state index contributed by atoms with van der Waals surface area (Å²) in [5.41, 5.74) is 2.41. The number of rotatable bonds is 4. The molecule has 0 aliphatic heterocycles. The van der Waals surface area contributed by atoms with E-state index < -0.39 is 11.7 Å². The maximum absolute atomic E-state index is 13.5. The number of carbonyl (C=O) groups is 1. The predicted octanol–water partition coefficient (Wildman–Crippen LogP) is 3.21. The van der Waals surface area contributed by atoms with E-state index in [0.29, 0.717) is 0 Å². The summed E-state index contributed by atoms with van der Waals surface area (Å²) in [6, 6.07) is 15.2. The van der Waals surface area contributed by atoms with Gasteiger partial charge in [-0.1, -0.05) is 24.3 Å². The van der Waals surface area contributed by atoms with Crippen LogP contribution in [0.25, 0.3) is 11.4 Å². The summed E-state index contributed by atoms with van der Waals surface area (Å²) in [6.07, 6.45) is 3.38. The fourth-order valence-electron chi connectivity index (χ4n) is 2.12. The van der Waals surface area contributed by atoms with E-state index in [0.717, 1.165) is 17.0 Å². The van der Waals surface area contributed by atoms with Crippen molar-refractivity contribution in [3.63, 3.8) is 0 Å². The first-order valence-electron chi connectivity index (χ1n) is 7.13. The molecule has 0 radical (unpaired) electrons. The molecule has 0 unspecified atom stereocenters. The number of halogens is 1. The molecular formula is C18H14FN3O. The van der Waals surface area contributed by atoms with Crippen LogP contribution in [0.5, 0.6) is 0 Å². The summed E-state index contributed by atoms with van der Waals surface area (Å²) < 4.78 is 13.5. The number of aromatic nitrogens is 2. The third-order valence-electron chi connectivity index (χ3n) is 3.32. The first-order valence-corrected chi connectivity index (χ1v) is 7.13. The summed E-state index contributed by atoms with van der Waals surface area (Å²) in [4.78, 5) is 20.5. The minimum Gasteiger partial charge on any atom is -0.348 e. The van der Waals surface area contributed by atoms with Crippen molar-refractivity contribution in [3.05, 3.63) is 83.9 Å². The van der Waals surface area contributed by atoms with Gasteiger partial charge in [0.05, 0.1) is 17.0 Å². The SMILES string of the molecule is O=C(NCc1ccc(-c2ccccn2)nc1)c1ccccc1F. The lowest BCUT2D eigenvalue weighted by atomic mass is 10.2. The van der Waals surface area contributed by atoms with Gasteiger partial charge in [0.25, 0.3) is 5.91 Å². The van der Waals surface area contributed by atoms with Crippen molar-refractivity contribution in [1.82, 2.24) is 15.3 Å². The number of nitrogens with one attached hydrogen (secondary N) is 1. The average molecular weight is 307 g/mol. The van der Waals surface area contributed by atoms with E-state index in [1.54, 1.807) is 24.5 Å². The predicted molar refractivity (Wildman–Crippen MR) is 85.0 cm³/mol. The van der Waals surface area contributed by atoms with Crippen molar-refractivity contribution in [2.45, 2.75) is 6.54 Å². The van der Waals surface area contributed by atoms with Gasteiger partial charge in [-0.05, 0) is 35.9 Å². The molecule has 0 bridgehead atoms. The number of benzene rings is 1. The van der Waals surface area contributed by atoms with Crippen molar-refractivity contribution in [1.29, 1.82) is 0 Å². The smallest absolute Gasteiger partial charge is 0.254 e. The van der Waals surface area contributed by atoms with Crippen LogP contribution < -0.4 is 5.32 Å². The van der Waals surface area contributed by atoms with Gasteiger partial charge >= 0.3 is 0 Å². The topological polar surface area (TPSA) is 54.9 Å². The van der Waals surface area contributed by atoms with E-state index in [1.165, 1.54) is 12.1 Å². The zero-order valence-electron chi connectivity index (χ0n) is 12.2. The number of hydrogen-bond donors (Lipinski definition) is 1. The third kappa shape index (κ3) is 3.58. The third-order valence-corrected chi connectivity index (χ3v) is 3.32. The molecule has 0 fully saturated rings. The van der Waals surface area contributed by atoms with Gasteiger partial charge in [-0.25, -0.2) is 4.39 Å². The molecule has 0 spiro atoms. The van der Waals surface area contributed by atoms with Gasteiger partial charge in [0.1, 0.15) is 5.82 Å². The number of nitrogens with zero attached hydrogens (tertiary/aromatic N) is 2. The second kappa shape index (κ2) is 6.79. The summed E-state index contributed by atoms with van der Waals surface area (Å²) in [7, 11) is 0. The molecule has 0 saturated heterocycles. The number of hydrogen-bond acceptors (Lipinski definition) is 3. The Kier molecular flexibility index (Phi) is 4.38. The second-order valence-corrected chi connectivity index (χ2v) is 4.93. The minimum absolute atomic E-state index is 0.0329. The van der Waals surface area contributed by atoms with Crippen LogP contribution >= 0.6 is 0 Å². The average Bonchev–Trinajstić information content (AvgIpc) is 2.61. The molecule has 3 aromatic rings. The fourth-order valence-corrected chi connectivity index (χ4v) is 2.12. The van der Waals surface area contributed by atoms with Crippen LogP contribution in [0.1, 0.15) is 15.9 Å². The first kappa shape index (κ1) is 14.8. The molecule has 23 heavy (non-hydrogen) atoms. The van der Waals surface area contributed by atoms with E-state index in [4.69, 9.17) is 0 Å². The molecule has 2 aromatic heterocycles. The summed E-state index contributed by atoms with van der Waals surface area (Å²) in [5.74, 6) is -0.981. The number of amides is 1. The van der Waals surface area contributed by atoms with Crippen LogP contribution in [0.4, 0.5) is 4.39 Å². The molecule has 3 rings (SSSR count). The quantitative estimate of drug-likeness (QED) is 0.805. The maximum atomic E-state index is 13.5. The molecule has 4 nitrogen and oxygen atoms in total. The molecule has 0 aliphatic rings. The van der Waals surface area contributed by atoms with E-state index in [1.807, 2.05) is 30.3 Å². The standard InChI is InChI=1S/C18H14FN3O/c19-15-6-2-1-5-14(15)18(23)22-12-13-8-9-17(21-11-13)16-7-3-4-10-20-16/h1-11H,12H2,(H,22,23). The lowest BCUT2D eigenvalue weighted by Crippen LogP contribution is -2.23. The maximum Gasteiger partial charge on any atom is 0.254 e. The van der Waals surface area contributed by atoms with Gasteiger partial charge < -0.3 is 5.32 Å². The van der Waals surface area contributed by atoms with Crippen molar-refractivity contribution >= 4 is 5.91 Å². The summed E-state index contributed by atoms with van der Waals surface area (Å²) >= 11 is 0. The summed E-state index contributed by atoms with van der Waals surface area (Å²) in [5, 5.41) is 2.68. The molecule has 0 saturated carbocycles. The Morgan fingerprint density at radius 3 is 2.43 bits per heavy atom. The van der Waals surface area contributed by atoms with Crippen LogP contribution in [-0.2, 0) is 6.54 Å². The minimum atomic E-state index is -0.534. The molecular weight excluding hydrogens is 293 g/mol. The number of pyridine rings is 2. The number of carbonyl (C=O) groups excluding carboxylic acids is 1. The van der Waals surface area contributed by atoms with Gasteiger partial charge in [-0.2, -0.15) is 0 Å². The highest BCUT2D eigenvalue weighted by Crippen LogP contribution is 2.13. The largest absolute Gasteiger partial charge is 0.348 e. The zero-order chi connectivity index (χ0) is 16.1. The van der Waals surface area contributed by atoms with E-state index >= 15 is 0 Å². The Hall–Kier alpha value is -3.08. The van der Waals surface area contributed by atoms with E-state index in [2.05, 4.69) is 15.3 Å². The van der Waals surface area contributed by atoms with Crippen LogP contribution in [0, 0.1) is 5.82 Å². The highest BCUT2D eigenvalue weighted by atomic mass is 19.1. The lowest BCUT2D eigenvalue weighted by molar-refractivity contribution is 0.0947. The second-order valence-electron chi connectivity index (χ2n) is 4.93. The van der Waals surface area contributed by atoms with Crippen molar-refractivity contribution in [2.75, 3.05) is 0 Å². The van der Waals surface area contributed by atoms with Crippen molar-refractivity contribution < 1.29 is 9.18 Å². The fraction of sp³-hybridized carbons (Fsp3) is 0.0556. The van der Waals surface area contributed by atoms with Crippen LogP contribution in [-0.4, -0.2) is 15.9 Å². The van der Waals surface area contributed by atoms with Gasteiger partial charge in [-0.3, -0.25) is 14.8 Å². The van der Waals surface area contributed by atoms with Crippen LogP contribution in [0.15, 0.2) is 67.0 Å². The summed E-state index contributed by atoms with van der Waals surface area (Å²) in [6.45, 7) is 0.280. The molecule has 0 atom stereocenters. The van der Waals surface area contributed by atoms with Gasteiger partial charge in [0, 0.05) is 18.9 Å². The van der Waals surface area contributed by atoms with Crippen LogP contribution in [0.3, 0.4) is 0 Å². The van der Waals surface area contributed by atoms with Crippen molar-refractivity contribution in [3.8, 4) is 11.4 Å². The van der Waals surface area contributed by atoms with Crippen LogP contribution in [0.2, 0.25) is 0 Å². The Labute approximate surface area is 133 Å². The molecule has 114 valence electrons. The van der Waals surface area contributed by atoms with Gasteiger partial charge in [-0.15, -0.1) is 0 Å². The first-order chi connectivity index (χ1) is 11.2. The molecule has 1 amide bonds. The molecule has 5 heteroatoms. The zero-order valence-corrected chi connectivity index (χ0v) is 12.2. The van der Waals surface area contributed by atoms with Gasteiger partial charge in [0.15, 0.2) is 0 Å². The Morgan fingerprint density at radius 1 is 0.957 bits per heavy atom. The normalized spacial score (nSPS) is 10.3. The molecule has 0 aliphatic carbocycles. The highest BCUT2D eigenvalue weighted by molar-refractivity contribution is 5.94. The van der Waals surface area contributed by atoms with E-state index in [-0.39, 0.29) is 12.1 Å². The molecule has 1 aromatic carbocycles. The highest BCUT2D eigenvalue weighted by Gasteiger charge is 2.10. The Balaban J connectivity index is 1.65.